The van der Waals surface area contributed by atoms with E-state index in [1.165, 1.54) is 19.4 Å². The summed E-state index contributed by atoms with van der Waals surface area (Å²) in [5, 5.41) is 3.70. The molecule has 1 unspecified atom stereocenters. The van der Waals surface area contributed by atoms with Gasteiger partial charge in [-0.05, 0) is 46.5 Å². The lowest BCUT2D eigenvalue weighted by Crippen LogP contribution is -2.52. The standard InChI is InChI=1S/C17H36N2O/c1-8-9-17(7,12-18-16(4,5)6)13-19-10-14(2)20-15(3)11-19/h14-15,18H,8-13H2,1-7H3/t14-,15+,17?. The maximum Gasteiger partial charge on any atom is 0.0678 e. The van der Waals surface area contributed by atoms with Crippen molar-refractivity contribution in [2.75, 3.05) is 26.2 Å². The molecule has 120 valence electrons. The molecule has 0 amide bonds. The first kappa shape index (κ1) is 17.9. The number of rotatable bonds is 6. The molecule has 0 radical (unpaired) electrons. The topological polar surface area (TPSA) is 24.5 Å². The summed E-state index contributed by atoms with van der Waals surface area (Å²) >= 11 is 0. The number of hydrogen-bond donors (Lipinski definition) is 1. The fourth-order valence-corrected chi connectivity index (χ4v) is 3.26. The lowest BCUT2D eigenvalue weighted by atomic mass is 9.83. The number of nitrogens with one attached hydrogen (secondary N) is 1. The van der Waals surface area contributed by atoms with Crippen molar-refractivity contribution in [2.45, 2.75) is 79.1 Å². The predicted octanol–water partition coefficient (Wildman–Crippen LogP) is 3.29. The zero-order valence-electron chi connectivity index (χ0n) is 14.8. The van der Waals surface area contributed by atoms with E-state index in [4.69, 9.17) is 4.74 Å². The molecular weight excluding hydrogens is 248 g/mol. The highest BCUT2D eigenvalue weighted by molar-refractivity contribution is 4.86. The molecule has 1 aliphatic heterocycles. The monoisotopic (exact) mass is 284 g/mol. The van der Waals surface area contributed by atoms with Crippen LogP contribution in [0.25, 0.3) is 0 Å². The van der Waals surface area contributed by atoms with Crippen LogP contribution < -0.4 is 5.32 Å². The summed E-state index contributed by atoms with van der Waals surface area (Å²) < 4.78 is 5.85. The summed E-state index contributed by atoms with van der Waals surface area (Å²) in [5.74, 6) is 0. The summed E-state index contributed by atoms with van der Waals surface area (Å²) in [6.07, 6.45) is 3.24. The van der Waals surface area contributed by atoms with Gasteiger partial charge in [0.05, 0.1) is 12.2 Å². The van der Waals surface area contributed by atoms with E-state index in [2.05, 4.69) is 58.7 Å². The average Bonchev–Trinajstić information content (AvgIpc) is 2.24. The molecule has 3 heteroatoms. The molecule has 0 aromatic rings. The third kappa shape index (κ3) is 6.55. The Kier molecular flexibility index (Phi) is 6.49. The van der Waals surface area contributed by atoms with Crippen LogP contribution in [0.1, 0.15) is 61.3 Å². The number of morpholine rings is 1. The van der Waals surface area contributed by atoms with Crippen molar-refractivity contribution in [3.8, 4) is 0 Å². The zero-order valence-corrected chi connectivity index (χ0v) is 14.8. The van der Waals surface area contributed by atoms with E-state index in [-0.39, 0.29) is 5.54 Å². The Balaban J connectivity index is 2.60. The van der Waals surface area contributed by atoms with Gasteiger partial charge < -0.3 is 10.1 Å². The fraction of sp³-hybridized carbons (Fsp3) is 1.00. The Morgan fingerprint density at radius 1 is 1.10 bits per heavy atom. The molecule has 0 aliphatic carbocycles. The van der Waals surface area contributed by atoms with Crippen molar-refractivity contribution < 1.29 is 4.74 Å². The summed E-state index contributed by atoms with van der Waals surface area (Å²) in [4.78, 5) is 2.60. The van der Waals surface area contributed by atoms with Crippen LogP contribution in [0.4, 0.5) is 0 Å². The van der Waals surface area contributed by atoms with E-state index < -0.39 is 0 Å². The molecule has 1 N–H and O–H groups in total. The Labute approximate surface area is 126 Å². The van der Waals surface area contributed by atoms with Crippen LogP contribution in [0.15, 0.2) is 0 Å². The third-order valence-corrected chi connectivity index (χ3v) is 4.00. The quantitative estimate of drug-likeness (QED) is 0.810. The van der Waals surface area contributed by atoms with E-state index in [9.17, 15) is 0 Å². The minimum atomic E-state index is 0.195. The number of ether oxygens (including phenoxy) is 1. The lowest BCUT2D eigenvalue weighted by molar-refractivity contribution is -0.0774. The van der Waals surface area contributed by atoms with E-state index in [0.717, 1.165) is 19.6 Å². The molecule has 3 atom stereocenters. The summed E-state index contributed by atoms with van der Waals surface area (Å²) in [7, 11) is 0. The lowest BCUT2D eigenvalue weighted by Gasteiger charge is -2.42. The Morgan fingerprint density at radius 3 is 2.10 bits per heavy atom. The molecule has 20 heavy (non-hydrogen) atoms. The van der Waals surface area contributed by atoms with Crippen molar-refractivity contribution in [1.29, 1.82) is 0 Å². The molecule has 1 heterocycles. The van der Waals surface area contributed by atoms with E-state index in [0.29, 0.717) is 17.6 Å². The molecule has 0 aromatic heterocycles. The fourth-order valence-electron chi connectivity index (χ4n) is 3.26. The highest BCUT2D eigenvalue weighted by Crippen LogP contribution is 2.26. The summed E-state index contributed by atoms with van der Waals surface area (Å²) in [6, 6.07) is 0. The van der Waals surface area contributed by atoms with Crippen LogP contribution in [0.3, 0.4) is 0 Å². The SMILES string of the molecule is CCCC(C)(CNC(C)(C)C)CN1C[C@@H](C)O[C@@H](C)C1. The molecule has 0 spiro atoms. The van der Waals surface area contributed by atoms with E-state index in [1.807, 2.05) is 0 Å². The number of nitrogens with zero attached hydrogens (tertiary/aromatic N) is 1. The second-order valence-corrected chi connectivity index (χ2v) is 8.12. The van der Waals surface area contributed by atoms with Gasteiger partial charge in [0, 0.05) is 31.7 Å². The van der Waals surface area contributed by atoms with Crippen LogP contribution >= 0.6 is 0 Å². The van der Waals surface area contributed by atoms with Crippen LogP contribution in [-0.2, 0) is 4.74 Å². The first-order chi connectivity index (χ1) is 9.13. The Bertz CT molecular complexity index is 277. The molecule has 1 fully saturated rings. The van der Waals surface area contributed by atoms with Gasteiger partial charge in [0.25, 0.3) is 0 Å². The molecule has 0 bridgehead atoms. The second kappa shape index (κ2) is 7.24. The smallest absolute Gasteiger partial charge is 0.0678 e. The van der Waals surface area contributed by atoms with Crippen molar-refractivity contribution in [1.82, 2.24) is 10.2 Å². The van der Waals surface area contributed by atoms with Gasteiger partial charge in [-0.1, -0.05) is 20.3 Å². The highest BCUT2D eigenvalue weighted by atomic mass is 16.5. The van der Waals surface area contributed by atoms with Gasteiger partial charge in [0.15, 0.2) is 0 Å². The van der Waals surface area contributed by atoms with Crippen molar-refractivity contribution in [2.24, 2.45) is 5.41 Å². The summed E-state index contributed by atoms with van der Waals surface area (Å²) in [6.45, 7) is 20.2. The molecule has 0 saturated carbocycles. The van der Waals surface area contributed by atoms with Crippen LogP contribution in [0, 0.1) is 5.41 Å². The third-order valence-electron chi connectivity index (χ3n) is 4.00. The maximum absolute atomic E-state index is 5.85. The predicted molar refractivity (Wildman–Crippen MR) is 87.2 cm³/mol. The minimum Gasteiger partial charge on any atom is -0.373 e. The first-order valence-corrected chi connectivity index (χ1v) is 8.26. The minimum absolute atomic E-state index is 0.195. The van der Waals surface area contributed by atoms with Crippen molar-refractivity contribution in [3.63, 3.8) is 0 Å². The van der Waals surface area contributed by atoms with Crippen LogP contribution in [-0.4, -0.2) is 48.8 Å². The van der Waals surface area contributed by atoms with Gasteiger partial charge in [-0.3, -0.25) is 4.90 Å². The Morgan fingerprint density at radius 2 is 1.65 bits per heavy atom. The number of hydrogen-bond acceptors (Lipinski definition) is 3. The summed E-state index contributed by atoms with van der Waals surface area (Å²) in [5.41, 5.74) is 0.541. The highest BCUT2D eigenvalue weighted by Gasteiger charge is 2.31. The second-order valence-electron chi connectivity index (χ2n) is 8.12. The van der Waals surface area contributed by atoms with Crippen LogP contribution in [0.2, 0.25) is 0 Å². The maximum atomic E-state index is 5.85. The average molecular weight is 284 g/mol. The zero-order chi connectivity index (χ0) is 15.4. The van der Waals surface area contributed by atoms with Gasteiger partial charge in [-0.2, -0.15) is 0 Å². The normalized spacial score (nSPS) is 28.4. The molecule has 1 rings (SSSR count). The van der Waals surface area contributed by atoms with Gasteiger partial charge in [-0.15, -0.1) is 0 Å². The Hall–Kier alpha value is -0.120. The first-order valence-electron chi connectivity index (χ1n) is 8.26. The molecule has 1 saturated heterocycles. The van der Waals surface area contributed by atoms with Gasteiger partial charge in [0.2, 0.25) is 0 Å². The molecule has 1 aliphatic rings. The van der Waals surface area contributed by atoms with Crippen molar-refractivity contribution >= 4 is 0 Å². The van der Waals surface area contributed by atoms with Crippen LogP contribution in [0.5, 0.6) is 0 Å². The van der Waals surface area contributed by atoms with E-state index in [1.54, 1.807) is 0 Å². The largest absolute Gasteiger partial charge is 0.373 e. The van der Waals surface area contributed by atoms with Gasteiger partial charge in [-0.25, -0.2) is 0 Å². The van der Waals surface area contributed by atoms with Crippen molar-refractivity contribution in [3.05, 3.63) is 0 Å². The van der Waals surface area contributed by atoms with Gasteiger partial charge >= 0.3 is 0 Å². The van der Waals surface area contributed by atoms with E-state index >= 15 is 0 Å². The van der Waals surface area contributed by atoms with Gasteiger partial charge in [0.1, 0.15) is 0 Å². The molecular formula is C17H36N2O. The molecule has 0 aromatic carbocycles. The molecule has 3 nitrogen and oxygen atoms in total.